The highest BCUT2D eigenvalue weighted by Gasteiger charge is 2.02. The molecule has 2 aromatic carbocycles. The lowest BCUT2D eigenvalue weighted by Gasteiger charge is -2.04. The van der Waals surface area contributed by atoms with Gasteiger partial charge < -0.3 is 15.5 Å². The number of anilines is 1. The van der Waals surface area contributed by atoms with Gasteiger partial charge in [0.1, 0.15) is 11.5 Å². The molecule has 0 saturated heterocycles. The molecule has 100 valence electrons. The van der Waals surface area contributed by atoms with Crippen LogP contribution in [-0.4, -0.2) is 16.1 Å². The number of hydrogen-bond acceptors (Lipinski definition) is 3. The Bertz CT molecular complexity index is 694. The average molecular weight is 267 g/mol. The molecule has 4 nitrogen and oxygen atoms in total. The molecule has 0 radical (unpaired) electrons. The van der Waals surface area contributed by atoms with Crippen LogP contribution in [0.1, 0.15) is 18.1 Å². The van der Waals surface area contributed by atoms with Crippen LogP contribution in [0.25, 0.3) is 0 Å². The number of benzene rings is 2. The maximum atomic E-state index is 10.9. The molecular formula is C16H13NO3. The fraction of sp³-hybridized carbons (Fsp3) is 0.0625. The molecule has 0 bridgehead atoms. The molecule has 0 aromatic heterocycles. The van der Waals surface area contributed by atoms with E-state index in [9.17, 15) is 9.90 Å². The molecule has 0 unspecified atom stereocenters. The lowest BCUT2D eigenvalue weighted by Crippen LogP contribution is -2.05. The van der Waals surface area contributed by atoms with Gasteiger partial charge in [-0.1, -0.05) is 11.8 Å². The summed E-state index contributed by atoms with van der Waals surface area (Å²) in [6.45, 7) is 1.37. The van der Waals surface area contributed by atoms with E-state index >= 15 is 0 Å². The van der Waals surface area contributed by atoms with Crippen LogP contribution in [0.3, 0.4) is 0 Å². The van der Waals surface area contributed by atoms with Gasteiger partial charge in [0, 0.05) is 18.1 Å². The largest absolute Gasteiger partial charge is 0.508 e. The molecule has 4 heteroatoms. The molecule has 0 saturated carbocycles. The summed E-state index contributed by atoms with van der Waals surface area (Å²) in [5, 5.41) is 21.4. The number of carbonyl (C=O) groups excluding carboxylic acids is 1. The van der Waals surface area contributed by atoms with Gasteiger partial charge in [0.25, 0.3) is 0 Å². The second-order valence-electron chi connectivity index (χ2n) is 4.21. The highest BCUT2D eigenvalue weighted by Crippen LogP contribution is 2.23. The monoisotopic (exact) mass is 267 g/mol. The summed E-state index contributed by atoms with van der Waals surface area (Å²) in [7, 11) is 0. The van der Waals surface area contributed by atoms with Gasteiger partial charge in [-0.25, -0.2) is 0 Å². The van der Waals surface area contributed by atoms with E-state index in [0.717, 1.165) is 5.56 Å². The molecule has 2 aromatic rings. The Morgan fingerprint density at radius 2 is 1.60 bits per heavy atom. The molecule has 1 amide bonds. The SMILES string of the molecule is CC(=O)Nc1ccc(C#Cc2ccc(O)cc2)cc1O. The van der Waals surface area contributed by atoms with Gasteiger partial charge in [0.05, 0.1) is 5.69 Å². The summed E-state index contributed by atoms with van der Waals surface area (Å²) < 4.78 is 0. The summed E-state index contributed by atoms with van der Waals surface area (Å²) in [5.41, 5.74) is 1.74. The second-order valence-corrected chi connectivity index (χ2v) is 4.21. The minimum atomic E-state index is -0.247. The van der Waals surface area contributed by atoms with E-state index in [2.05, 4.69) is 17.2 Å². The van der Waals surface area contributed by atoms with E-state index in [1.165, 1.54) is 13.0 Å². The van der Waals surface area contributed by atoms with Gasteiger partial charge in [-0.05, 0) is 42.5 Å². The van der Waals surface area contributed by atoms with Gasteiger partial charge in [0.15, 0.2) is 0 Å². The van der Waals surface area contributed by atoms with Crippen molar-refractivity contribution < 1.29 is 15.0 Å². The number of hydrogen-bond donors (Lipinski definition) is 3. The summed E-state index contributed by atoms with van der Waals surface area (Å²) in [5.74, 6) is 5.72. The third kappa shape index (κ3) is 3.53. The normalized spacial score (nSPS) is 9.45. The van der Waals surface area contributed by atoms with E-state index in [1.807, 2.05) is 0 Å². The lowest BCUT2D eigenvalue weighted by atomic mass is 10.1. The number of nitrogens with one attached hydrogen (secondary N) is 1. The van der Waals surface area contributed by atoms with Crippen molar-refractivity contribution in [2.45, 2.75) is 6.92 Å². The highest BCUT2D eigenvalue weighted by atomic mass is 16.3. The van der Waals surface area contributed by atoms with Crippen molar-refractivity contribution >= 4 is 11.6 Å². The average Bonchev–Trinajstić information content (AvgIpc) is 2.40. The fourth-order valence-electron chi connectivity index (χ4n) is 1.59. The predicted octanol–water partition coefficient (Wildman–Crippen LogP) is 2.46. The van der Waals surface area contributed by atoms with Crippen LogP contribution in [0.15, 0.2) is 42.5 Å². The number of phenols is 2. The fourth-order valence-corrected chi connectivity index (χ4v) is 1.59. The topological polar surface area (TPSA) is 69.6 Å². The van der Waals surface area contributed by atoms with Crippen molar-refractivity contribution in [3.8, 4) is 23.3 Å². The van der Waals surface area contributed by atoms with Crippen LogP contribution in [0, 0.1) is 11.8 Å². The Hall–Kier alpha value is -2.93. The van der Waals surface area contributed by atoms with Crippen LogP contribution in [0.5, 0.6) is 11.5 Å². The van der Waals surface area contributed by atoms with Gasteiger partial charge in [-0.3, -0.25) is 4.79 Å². The third-order valence-electron chi connectivity index (χ3n) is 2.53. The number of rotatable bonds is 1. The van der Waals surface area contributed by atoms with Gasteiger partial charge >= 0.3 is 0 Å². The van der Waals surface area contributed by atoms with Crippen molar-refractivity contribution in [3.63, 3.8) is 0 Å². The summed E-state index contributed by atoms with van der Waals surface area (Å²) in [6, 6.07) is 11.3. The first-order chi connectivity index (χ1) is 9.54. The van der Waals surface area contributed by atoms with Crippen molar-refractivity contribution in [1.29, 1.82) is 0 Å². The zero-order valence-electron chi connectivity index (χ0n) is 10.8. The van der Waals surface area contributed by atoms with E-state index in [0.29, 0.717) is 11.3 Å². The first-order valence-electron chi connectivity index (χ1n) is 5.96. The molecule has 0 atom stereocenters. The van der Waals surface area contributed by atoms with E-state index in [-0.39, 0.29) is 17.4 Å². The van der Waals surface area contributed by atoms with Crippen LogP contribution in [-0.2, 0) is 4.79 Å². The number of carbonyl (C=O) groups is 1. The number of phenolic OH excluding ortho intramolecular Hbond substituents is 2. The van der Waals surface area contributed by atoms with Crippen LogP contribution < -0.4 is 5.32 Å². The Kier molecular flexibility index (Phi) is 3.92. The Balaban J connectivity index is 2.21. The Labute approximate surface area is 116 Å². The molecule has 0 aliphatic heterocycles. The van der Waals surface area contributed by atoms with Gasteiger partial charge in [-0.15, -0.1) is 0 Å². The standard InChI is InChI=1S/C16H13NO3/c1-11(18)17-15-9-6-13(10-16(15)20)3-2-12-4-7-14(19)8-5-12/h4-10,19-20H,1H3,(H,17,18). The first kappa shape index (κ1) is 13.5. The van der Waals surface area contributed by atoms with E-state index in [4.69, 9.17) is 5.11 Å². The smallest absolute Gasteiger partial charge is 0.221 e. The summed E-state index contributed by atoms with van der Waals surface area (Å²) in [4.78, 5) is 10.9. The van der Waals surface area contributed by atoms with Crippen LogP contribution >= 0.6 is 0 Å². The molecule has 2 rings (SSSR count). The molecule has 3 N–H and O–H groups in total. The predicted molar refractivity (Wildman–Crippen MR) is 76.5 cm³/mol. The zero-order valence-corrected chi connectivity index (χ0v) is 10.8. The number of amides is 1. The highest BCUT2D eigenvalue weighted by molar-refractivity contribution is 5.90. The minimum Gasteiger partial charge on any atom is -0.508 e. The zero-order chi connectivity index (χ0) is 14.5. The first-order valence-corrected chi connectivity index (χ1v) is 5.96. The molecule has 0 fully saturated rings. The molecular weight excluding hydrogens is 254 g/mol. The number of aromatic hydroxyl groups is 2. The van der Waals surface area contributed by atoms with E-state index < -0.39 is 0 Å². The quantitative estimate of drug-likeness (QED) is 0.549. The van der Waals surface area contributed by atoms with Crippen LogP contribution in [0.4, 0.5) is 5.69 Å². The van der Waals surface area contributed by atoms with Gasteiger partial charge in [0.2, 0.25) is 5.91 Å². The van der Waals surface area contributed by atoms with Gasteiger partial charge in [-0.2, -0.15) is 0 Å². The van der Waals surface area contributed by atoms with E-state index in [1.54, 1.807) is 36.4 Å². The molecule has 0 spiro atoms. The van der Waals surface area contributed by atoms with Crippen molar-refractivity contribution in [3.05, 3.63) is 53.6 Å². The molecule has 0 aliphatic carbocycles. The molecule has 0 heterocycles. The van der Waals surface area contributed by atoms with Crippen molar-refractivity contribution in [1.82, 2.24) is 0 Å². The molecule has 20 heavy (non-hydrogen) atoms. The summed E-state index contributed by atoms with van der Waals surface area (Å²) in [6.07, 6.45) is 0. The van der Waals surface area contributed by atoms with Crippen molar-refractivity contribution in [2.24, 2.45) is 0 Å². The molecule has 0 aliphatic rings. The Morgan fingerprint density at radius 3 is 2.20 bits per heavy atom. The Morgan fingerprint density at radius 1 is 1.00 bits per heavy atom. The second kappa shape index (κ2) is 5.81. The summed E-state index contributed by atoms with van der Waals surface area (Å²) >= 11 is 0. The third-order valence-corrected chi connectivity index (χ3v) is 2.53. The maximum absolute atomic E-state index is 10.9. The lowest BCUT2D eigenvalue weighted by molar-refractivity contribution is -0.114. The minimum absolute atomic E-state index is 0.0299. The van der Waals surface area contributed by atoms with Crippen LogP contribution in [0.2, 0.25) is 0 Å². The van der Waals surface area contributed by atoms with Crippen molar-refractivity contribution in [2.75, 3.05) is 5.32 Å². The maximum Gasteiger partial charge on any atom is 0.221 e.